The number of amides is 2. The molecular formula is C17H16N5NaO7S2. The van der Waals surface area contributed by atoms with Crippen molar-refractivity contribution in [3.8, 4) is 0 Å². The number of carbonyl (C=O) groups is 4. The fourth-order valence-corrected chi connectivity index (χ4v) is 5.51. The molecule has 0 spiro atoms. The van der Waals surface area contributed by atoms with Crippen LogP contribution in [0.25, 0.3) is 0 Å². The Balaban J connectivity index is 0.00000289. The minimum Gasteiger partial charge on any atom is -0.543 e. The monoisotopic (exact) mass is 489 g/mol. The number of aliphatic carboxylic acids is 1. The SMILES string of the molecule is CO/N=C(/C(=O)N[C@@H]1C(=O)N2C(C(=O)[O-])=C(C3CCC(=O)O3)CS[C@H]12)c1csc(N)n1.[Na+]. The summed E-state index contributed by atoms with van der Waals surface area (Å²) >= 11 is 2.36. The molecule has 2 fully saturated rings. The Morgan fingerprint density at radius 2 is 2.19 bits per heavy atom. The number of nitrogens with one attached hydrogen (secondary N) is 1. The normalized spacial score (nSPS) is 24.8. The van der Waals surface area contributed by atoms with E-state index in [1.165, 1.54) is 24.3 Å². The fraction of sp³-hybridized carbons (Fsp3) is 0.412. The van der Waals surface area contributed by atoms with Crippen LogP contribution in [0.15, 0.2) is 21.8 Å². The van der Waals surface area contributed by atoms with E-state index in [1.807, 2.05) is 0 Å². The van der Waals surface area contributed by atoms with Gasteiger partial charge in [0.05, 0.1) is 11.7 Å². The van der Waals surface area contributed by atoms with Crippen LogP contribution in [0.5, 0.6) is 0 Å². The molecule has 0 bridgehead atoms. The second-order valence-corrected chi connectivity index (χ2v) is 8.73. The molecule has 3 atom stereocenters. The number of thioether (sulfide) groups is 1. The summed E-state index contributed by atoms with van der Waals surface area (Å²) in [6, 6.07) is -0.988. The third-order valence-electron chi connectivity index (χ3n) is 4.91. The minimum atomic E-state index is -1.54. The number of carboxylic acids is 1. The molecule has 2 amide bonds. The fourth-order valence-electron chi connectivity index (χ4n) is 3.55. The zero-order valence-electron chi connectivity index (χ0n) is 17.0. The average Bonchev–Trinajstić information content (AvgIpc) is 3.36. The van der Waals surface area contributed by atoms with Gasteiger partial charge in [-0.25, -0.2) is 4.98 Å². The first kappa shape index (κ1) is 24.5. The Morgan fingerprint density at radius 3 is 2.75 bits per heavy atom. The predicted molar refractivity (Wildman–Crippen MR) is 106 cm³/mol. The molecule has 0 aromatic carbocycles. The largest absolute Gasteiger partial charge is 1.00 e. The molecule has 4 heterocycles. The topological polar surface area (TPSA) is 176 Å². The van der Waals surface area contributed by atoms with Crippen LogP contribution in [0.3, 0.4) is 0 Å². The number of hydrogen-bond donors (Lipinski definition) is 2. The molecule has 1 aromatic heterocycles. The van der Waals surface area contributed by atoms with Gasteiger partial charge in [-0.05, 0) is 6.42 Å². The zero-order valence-corrected chi connectivity index (χ0v) is 20.7. The van der Waals surface area contributed by atoms with Gasteiger partial charge < -0.3 is 30.5 Å². The number of nitrogens with two attached hydrogens (primary N) is 1. The number of aromatic nitrogens is 1. The second kappa shape index (κ2) is 9.79. The molecular weight excluding hydrogens is 473 g/mol. The molecule has 0 saturated carbocycles. The van der Waals surface area contributed by atoms with E-state index in [9.17, 15) is 24.3 Å². The number of nitrogens with zero attached hydrogens (tertiary/aromatic N) is 3. The molecule has 32 heavy (non-hydrogen) atoms. The maximum atomic E-state index is 12.8. The number of cyclic esters (lactones) is 1. The van der Waals surface area contributed by atoms with Gasteiger partial charge in [-0.3, -0.25) is 19.3 Å². The van der Waals surface area contributed by atoms with Gasteiger partial charge in [0, 0.05) is 23.1 Å². The Bertz CT molecular complexity index is 1040. The standard InChI is InChI=1S/C17H17N5O7S2.Na/c1-28-21-10(7-5-31-17(18)19-7)13(24)20-11-14(25)22-12(16(26)27)6(4-30-15(11)22)8-2-3-9(23)29-8;/h5,8,11,15H,2-4H2,1H3,(H2,18,19)(H,20,24)(H,26,27);/q;+1/p-1/b21-10+;/t8?,11-,15-;/m1./s1. The van der Waals surface area contributed by atoms with E-state index >= 15 is 0 Å². The number of carboxylic acid groups (broad SMARTS) is 1. The van der Waals surface area contributed by atoms with Crippen molar-refractivity contribution >= 4 is 57.7 Å². The molecule has 3 aliphatic heterocycles. The third kappa shape index (κ3) is 4.37. The van der Waals surface area contributed by atoms with E-state index < -0.39 is 41.3 Å². The van der Waals surface area contributed by atoms with Crippen LogP contribution in [0.2, 0.25) is 0 Å². The number of nitrogen functional groups attached to an aromatic ring is 1. The van der Waals surface area contributed by atoms with Gasteiger partial charge in [-0.15, -0.1) is 23.1 Å². The number of oxime groups is 1. The Hall–Kier alpha value is -2.13. The number of hydrogen-bond acceptors (Lipinski definition) is 12. The van der Waals surface area contributed by atoms with Crippen LogP contribution in [0.1, 0.15) is 18.5 Å². The van der Waals surface area contributed by atoms with Crippen molar-refractivity contribution in [2.75, 3.05) is 18.6 Å². The first-order valence-electron chi connectivity index (χ1n) is 9.03. The number of β-lactam (4-membered cyclic amide) rings is 1. The summed E-state index contributed by atoms with van der Waals surface area (Å²) in [5.74, 6) is -3.10. The Morgan fingerprint density at radius 1 is 1.44 bits per heavy atom. The Kier molecular flexibility index (Phi) is 7.50. The molecule has 1 unspecified atom stereocenters. The van der Waals surface area contributed by atoms with E-state index in [0.717, 1.165) is 16.2 Å². The van der Waals surface area contributed by atoms with E-state index in [-0.39, 0.29) is 64.0 Å². The van der Waals surface area contributed by atoms with E-state index in [4.69, 9.17) is 15.3 Å². The van der Waals surface area contributed by atoms with Crippen molar-refractivity contribution in [2.24, 2.45) is 5.16 Å². The third-order valence-corrected chi connectivity index (χ3v) is 6.89. The van der Waals surface area contributed by atoms with Crippen LogP contribution in [0.4, 0.5) is 5.13 Å². The number of rotatable bonds is 6. The van der Waals surface area contributed by atoms with Gasteiger partial charge in [0.2, 0.25) is 0 Å². The first-order valence-corrected chi connectivity index (χ1v) is 11.0. The van der Waals surface area contributed by atoms with E-state index in [2.05, 4.69) is 15.5 Å². The number of esters is 1. The van der Waals surface area contributed by atoms with Crippen molar-refractivity contribution in [3.05, 3.63) is 22.3 Å². The summed E-state index contributed by atoms with van der Waals surface area (Å²) in [6.45, 7) is 0. The first-order chi connectivity index (χ1) is 14.8. The van der Waals surface area contributed by atoms with Gasteiger partial charge in [-0.2, -0.15) is 0 Å². The van der Waals surface area contributed by atoms with Crippen molar-refractivity contribution in [1.82, 2.24) is 15.2 Å². The summed E-state index contributed by atoms with van der Waals surface area (Å²) in [5, 5.41) is 19.1. The number of ether oxygens (including phenoxy) is 1. The van der Waals surface area contributed by atoms with Gasteiger partial charge in [0.1, 0.15) is 30.3 Å². The second-order valence-electron chi connectivity index (χ2n) is 6.73. The molecule has 164 valence electrons. The quantitative estimate of drug-likeness (QED) is 0.130. The van der Waals surface area contributed by atoms with Crippen LogP contribution >= 0.6 is 23.1 Å². The number of carbonyl (C=O) groups excluding carboxylic acids is 4. The van der Waals surface area contributed by atoms with Gasteiger partial charge in [0.25, 0.3) is 11.8 Å². The summed E-state index contributed by atoms with van der Waals surface area (Å²) in [7, 11) is 1.25. The molecule has 2 saturated heterocycles. The molecule has 0 radical (unpaired) electrons. The van der Waals surface area contributed by atoms with Gasteiger partial charge in [0.15, 0.2) is 10.8 Å². The van der Waals surface area contributed by atoms with Gasteiger partial charge in [-0.1, -0.05) is 5.16 Å². The molecule has 0 aliphatic carbocycles. The van der Waals surface area contributed by atoms with Crippen LogP contribution in [-0.4, -0.2) is 69.7 Å². The number of thiazole rings is 1. The van der Waals surface area contributed by atoms with Crippen molar-refractivity contribution in [2.45, 2.75) is 30.4 Å². The zero-order chi connectivity index (χ0) is 22.3. The van der Waals surface area contributed by atoms with E-state index in [1.54, 1.807) is 0 Å². The maximum absolute atomic E-state index is 12.8. The number of fused-ring (bicyclic) bond motifs is 1. The van der Waals surface area contributed by atoms with Crippen LogP contribution in [-0.2, 0) is 28.8 Å². The van der Waals surface area contributed by atoms with Crippen LogP contribution < -0.4 is 45.7 Å². The molecule has 15 heteroatoms. The van der Waals surface area contributed by atoms with Crippen molar-refractivity contribution < 1.29 is 63.4 Å². The van der Waals surface area contributed by atoms with Crippen molar-refractivity contribution in [1.29, 1.82) is 0 Å². The summed E-state index contributed by atoms with van der Waals surface area (Å²) < 4.78 is 5.17. The summed E-state index contributed by atoms with van der Waals surface area (Å²) in [4.78, 5) is 58.4. The molecule has 3 aliphatic rings. The minimum absolute atomic E-state index is 0. The predicted octanol–water partition coefficient (Wildman–Crippen LogP) is -4.81. The summed E-state index contributed by atoms with van der Waals surface area (Å²) in [6.07, 6.45) is -0.185. The Labute approximate surface area is 211 Å². The van der Waals surface area contributed by atoms with E-state index in [0.29, 0.717) is 12.0 Å². The number of anilines is 1. The molecule has 4 rings (SSSR count). The maximum Gasteiger partial charge on any atom is 1.00 e. The smallest absolute Gasteiger partial charge is 0.543 e. The molecule has 12 nitrogen and oxygen atoms in total. The molecule has 3 N–H and O–H groups in total. The van der Waals surface area contributed by atoms with Gasteiger partial charge >= 0.3 is 35.5 Å². The summed E-state index contributed by atoms with van der Waals surface area (Å²) in [5.41, 5.74) is 5.62. The molecule has 1 aromatic rings. The van der Waals surface area contributed by atoms with Crippen molar-refractivity contribution in [3.63, 3.8) is 0 Å². The average molecular weight is 489 g/mol. The van der Waals surface area contributed by atoms with Crippen LogP contribution in [0, 0.1) is 0 Å².